The molecule has 1 N–H and O–H groups in total. The summed E-state index contributed by atoms with van der Waals surface area (Å²) >= 11 is 0. The molecule has 1 saturated heterocycles. The van der Waals surface area contributed by atoms with Gasteiger partial charge in [-0.25, -0.2) is 9.69 Å². The molecule has 0 atom stereocenters. The number of benzene rings is 2. The lowest BCUT2D eigenvalue weighted by Crippen LogP contribution is -2.54. The van der Waals surface area contributed by atoms with Gasteiger partial charge in [0.05, 0.1) is 12.3 Å². The smallest absolute Gasteiger partial charge is 0.335 e. The van der Waals surface area contributed by atoms with E-state index in [-0.39, 0.29) is 18.7 Å². The monoisotopic (exact) mass is 445 g/mol. The minimum Gasteiger partial charge on any atom is -0.465 e. The second kappa shape index (κ2) is 8.74. The lowest BCUT2D eigenvalue weighted by atomic mass is 10.0. The number of fused-ring (bicyclic) bond motifs is 1. The van der Waals surface area contributed by atoms with E-state index in [1.165, 1.54) is 6.08 Å². The first-order chi connectivity index (χ1) is 15.8. The van der Waals surface area contributed by atoms with Crippen molar-refractivity contribution >= 4 is 46.5 Å². The molecule has 0 spiro atoms. The number of anilines is 1. The summed E-state index contributed by atoms with van der Waals surface area (Å²) in [6, 6.07) is 11.9. The fourth-order valence-electron chi connectivity index (χ4n) is 3.99. The summed E-state index contributed by atoms with van der Waals surface area (Å²) in [6.45, 7) is 5.72. The second-order valence-electron chi connectivity index (χ2n) is 7.84. The molecular formula is C25H23N3O5. The Bertz CT molecular complexity index is 1310. The first kappa shape index (κ1) is 22.0. The third-order valence-corrected chi connectivity index (χ3v) is 5.29. The largest absolute Gasteiger partial charge is 0.465 e. The molecule has 1 aliphatic rings. The van der Waals surface area contributed by atoms with Gasteiger partial charge in [0.2, 0.25) is 0 Å². The predicted octanol–water partition coefficient (Wildman–Crippen LogP) is 3.49. The standard InChI is InChI=1S/C25H23N3O5/c1-4-33-22(29)14-27-13-17(19-7-5-6-8-21(19)27)12-20-23(30)26-25(32)28(24(20)31)18-10-15(2)9-16(3)11-18/h5-13H,4,14H2,1-3H3,(H,26,30,32). The van der Waals surface area contributed by atoms with Gasteiger partial charge in [-0.2, -0.15) is 0 Å². The van der Waals surface area contributed by atoms with Crippen molar-refractivity contribution in [3.05, 3.63) is 70.9 Å². The van der Waals surface area contributed by atoms with Gasteiger partial charge in [-0.15, -0.1) is 0 Å². The third kappa shape index (κ3) is 4.27. The molecule has 2 heterocycles. The Morgan fingerprint density at radius 2 is 1.76 bits per heavy atom. The molecule has 2 aromatic carbocycles. The van der Waals surface area contributed by atoms with Crippen molar-refractivity contribution in [2.75, 3.05) is 11.5 Å². The van der Waals surface area contributed by atoms with Crippen LogP contribution in [-0.2, 0) is 25.7 Å². The summed E-state index contributed by atoms with van der Waals surface area (Å²) in [5.74, 6) is -1.88. The molecule has 4 rings (SSSR count). The second-order valence-corrected chi connectivity index (χ2v) is 7.84. The number of carbonyl (C=O) groups is 4. The van der Waals surface area contributed by atoms with E-state index in [4.69, 9.17) is 4.74 Å². The van der Waals surface area contributed by atoms with E-state index in [2.05, 4.69) is 5.32 Å². The molecule has 1 aliphatic heterocycles. The number of hydrogen-bond acceptors (Lipinski definition) is 5. The number of amides is 4. The number of aryl methyl sites for hydroxylation is 2. The molecule has 1 fully saturated rings. The third-order valence-electron chi connectivity index (χ3n) is 5.29. The van der Waals surface area contributed by atoms with Gasteiger partial charge in [0.1, 0.15) is 12.1 Å². The lowest BCUT2D eigenvalue weighted by molar-refractivity contribution is -0.143. The molecule has 3 aromatic rings. The molecule has 168 valence electrons. The van der Waals surface area contributed by atoms with Crippen molar-refractivity contribution < 1.29 is 23.9 Å². The van der Waals surface area contributed by atoms with E-state index in [0.29, 0.717) is 11.3 Å². The van der Waals surface area contributed by atoms with Crippen LogP contribution in [0, 0.1) is 13.8 Å². The van der Waals surface area contributed by atoms with Crippen LogP contribution in [0.4, 0.5) is 10.5 Å². The number of nitrogens with one attached hydrogen (secondary N) is 1. The molecule has 4 amide bonds. The predicted molar refractivity (Wildman–Crippen MR) is 123 cm³/mol. The molecule has 8 heteroatoms. The Kier molecular flexibility index (Phi) is 5.83. The minimum atomic E-state index is -0.795. The number of rotatable bonds is 5. The Balaban J connectivity index is 1.78. The highest BCUT2D eigenvalue weighted by Gasteiger charge is 2.37. The molecule has 1 aromatic heterocycles. The van der Waals surface area contributed by atoms with Gasteiger partial charge >= 0.3 is 12.0 Å². The Hall–Kier alpha value is -4.20. The topological polar surface area (TPSA) is 97.7 Å². The number of urea groups is 1. The Morgan fingerprint density at radius 3 is 2.45 bits per heavy atom. The van der Waals surface area contributed by atoms with Crippen LogP contribution in [0.5, 0.6) is 0 Å². The zero-order chi connectivity index (χ0) is 23.7. The molecule has 8 nitrogen and oxygen atoms in total. The molecule has 0 aliphatic carbocycles. The van der Waals surface area contributed by atoms with Crippen molar-refractivity contribution in [3.8, 4) is 0 Å². The maximum atomic E-state index is 13.3. The van der Waals surface area contributed by atoms with E-state index in [1.54, 1.807) is 29.8 Å². The van der Waals surface area contributed by atoms with Crippen molar-refractivity contribution in [3.63, 3.8) is 0 Å². The number of barbiturate groups is 1. The summed E-state index contributed by atoms with van der Waals surface area (Å²) in [7, 11) is 0. The van der Waals surface area contributed by atoms with Crippen molar-refractivity contribution in [2.24, 2.45) is 0 Å². The highest BCUT2D eigenvalue weighted by molar-refractivity contribution is 6.39. The minimum absolute atomic E-state index is 0.00908. The van der Waals surface area contributed by atoms with Crippen LogP contribution < -0.4 is 10.2 Å². The van der Waals surface area contributed by atoms with E-state index in [9.17, 15) is 19.2 Å². The van der Waals surface area contributed by atoms with E-state index >= 15 is 0 Å². The van der Waals surface area contributed by atoms with Crippen LogP contribution in [0.3, 0.4) is 0 Å². The number of carbonyl (C=O) groups excluding carboxylic acids is 4. The highest BCUT2D eigenvalue weighted by atomic mass is 16.5. The highest BCUT2D eigenvalue weighted by Crippen LogP contribution is 2.27. The van der Waals surface area contributed by atoms with Gasteiger partial charge in [-0.05, 0) is 56.2 Å². The Labute approximate surface area is 190 Å². The van der Waals surface area contributed by atoms with Gasteiger partial charge in [-0.1, -0.05) is 24.3 Å². The van der Waals surface area contributed by atoms with Gasteiger partial charge in [0.25, 0.3) is 11.8 Å². The number of nitrogens with zero attached hydrogens (tertiary/aromatic N) is 2. The van der Waals surface area contributed by atoms with Crippen LogP contribution in [0.15, 0.2) is 54.2 Å². The van der Waals surface area contributed by atoms with Crippen molar-refractivity contribution in [1.82, 2.24) is 9.88 Å². The van der Waals surface area contributed by atoms with Crippen LogP contribution in [0.1, 0.15) is 23.6 Å². The zero-order valence-electron chi connectivity index (χ0n) is 18.5. The number of aromatic nitrogens is 1. The first-order valence-corrected chi connectivity index (χ1v) is 10.5. The Morgan fingerprint density at radius 1 is 1.06 bits per heavy atom. The summed E-state index contributed by atoms with van der Waals surface area (Å²) in [5, 5.41) is 3.00. The average Bonchev–Trinajstić information content (AvgIpc) is 3.08. The van der Waals surface area contributed by atoms with Crippen LogP contribution in [-0.4, -0.2) is 35.0 Å². The summed E-state index contributed by atoms with van der Waals surface area (Å²) < 4.78 is 6.75. The van der Waals surface area contributed by atoms with Crippen LogP contribution in [0.2, 0.25) is 0 Å². The molecular weight excluding hydrogens is 422 g/mol. The summed E-state index contributed by atoms with van der Waals surface area (Å²) in [5.41, 5.74) is 3.31. The van der Waals surface area contributed by atoms with E-state index < -0.39 is 23.8 Å². The number of esters is 1. The number of hydrogen-bond donors (Lipinski definition) is 1. The van der Waals surface area contributed by atoms with E-state index in [0.717, 1.165) is 26.9 Å². The SMILES string of the molecule is CCOC(=O)Cn1cc(C=C2C(=O)NC(=O)N(c3cc(C)cc(C)c3)C2=O)c2ccccc21. The fraction of sp³-hybridized carbons (Fsp3) is 0.200. The molecule has 0 unspecified atom stereocenters. The van der Waals surface area contributed by atoms with Gasteiger partial charge in [-0.3, -0.25) is 19.7 Å². The van der Waals surface area contributed by atoms with Gasteiger partial charge < -0.3 is 9.30 Å². The number of ether oxygens (including phenoxy) is 1. The maximum Gasteiger partial charge on any atom is 0.335 e. The molecule has 0 bridgehead atoms. The summed E-state index contributed by atoms with van der Waals surface area (Å²) in [4.78, 5) is 51.4. The van der Waals surface area contributed by atoms with Gasteiger partial charge in [0.15, 0.2) is 0 Å². The normalized spacial score (nSPS) is 15.3. The quantitative estimate of drug-likeness (QED) is 0.368. The first-order valence-electron chi connectivity index (χ1n) is 10.5. The lowest BCUT2D eigenvalue weighted by Gasteiger charge is -2.26. The maximum absolute atomic E-state index is 13.3. The molecule has 0 radical (unpaired) electrons. The average molecular weight is 445 g/mol. The molecule has 33 heavy (non-hydrogen) atoms. The van der Waals surface area contributed by atoms with Crippen LogP contribution >= 0.6 is 0 Å². The van der Waals surface area contributed by atoms with Crippen molar-refractivity contribution in [2.45, 2.75) is 27.3 Å². The van der Waals surface area contributed by atoms with E-state index in [1.807, 2.05) is 44.2 Å². The molecule has 0 saturated carbocycles. The van der Waals surface area contributed by atoms with Gasteiger partial charge in [0, 0.05) is 22.7 Å². The number of para-hydroxylation sites is 1. The van der Waals surface area contributed by atoms with Crippen LogP contribution in [0.25, 0.3) is 17.0 Å². The number of imide groups is 2. The zero-order valence-corrected chi connectivity index (χ0v) is 18.5. The summed E-state index contributed by atoms with van der Waals surface area (Å²) in [6.07, 6.45) is 3.14. The van der Waals surface area contributed by atoms with Crippen molar-refractivity contribution in [1.29, 1.82) is 0 Å². The fourth-order valence-corrected chi connectivity index (χ4v) is 3.99.